The molecule has 2 aromatic carbocycles. The van der Waals surface area contributed by atoms with E-state index in [1.54, 1.807) is 0 Å². The Morgan fingerprint density at radius 2 is 1.75 bits per heavy atom. The molecule has 0 atom stereocenters. The van der Waals surface area contributed by atoms with Gasteiger partial charge in [0.25, 0.3) is 5.91 Å². The molecule has 0 aliphatic carbocycles. The molecule has 2 nitrogen and oxygen atoms in total. The Bertz CT molecular complexity index is 670. The predicted molar refractivity (Wildman–Crippen MR) is 98.3 cm³/mol. The van der Waals surface area contributed by atoms with E-state index in [0.29, 0.717) is 11.3 Å². The smallest absolute Gasteiger partial charge is 0.255 e. The molecule has 4 heteroatoms. The van der Waals surface area contributed by atoms with Gasteiger partial charge in [-0.25, -0.2) is 4.39 Å². The third kappa shape index (κ3) is 5.64. The van der Waals surface area contributed by atoms with Crippen LogP contribution in [0, 0.1) is 5.82 Å². The second kappa shape index (κ2) is 9.43. The number of anilines is 1. The molecule has 0 bridgehead atoms. The zero-order valence-electron chi connectivity index (χ0n) is 13.9. The van der Waals surface area contributed by atoms with E-state index in [9.17, 15) is 9.18 Å². The third-order valence-corrected chi connectivity index (χ3v) is 4.25. The van der Waals surface area contributed by atoms with Crippen molar-refractivity contribution >= 4 is 23.2 Å². The first-order chi connectivity index (χ1) is 11.6. The molecule has 1 N–H and O–H groups in total. The highest BCUT2D eigenvalue weighted by Gasteiger charge is 2.08. The number of nitrogens with one attached hydrogen (secondary N) is 1. The van der Waals surface area contributed by atoms with Crippen LogP contribution in [-0.2, 0) is 6.42 Å². The maximum absolute atomic E-state index is 13.1. The SMILES string of the molecule is CCCCCCCc1ccc(C(=O)Nc2ccc(F)c(Cl)c2)cc1. The van der Waals surface area contributed by atoms with Gasteiger partial charge in [0.1, 0.15) is 5.82 Å². The summed E-state index contributed by atoms with van der Waals surface area (Å²) in [4.78, 5) is 12.2. The van der Waals surface area contributed by atoms with Crippen LogP contribution in [-0.4, -0.2) is 5.91 Å². The van der Waals surface area contributed by atoms with Gasteiger partial charge in [-0.2, -0.15) is 0 Å². The lowest BCUT2D eigenvalue weighted by molar-refractivity contribution is 0.102. The van der Waals surface area contributed by atoms with Crippen LogP contribution in [0.1, 0.15) is 54.9 Å². The summed E-state index contributed by atoms with van der Waals surface area (Å²) in [6.07, 6.45) is 7.31. The molecular weight excluding hydrogens is 325 g/mol. The van der Waals surface area contributed by atoms with Crippen LogP contribution in [0.25, 0.3) is 0 Å². The molecule has 0 radical (unpaired) electrons. The first-order valence-electron chi connectivity index (χ1n) is 8.45. The second-order valence-electron chi connectivity index (χ2n) is 5.94. The fourth-order valence-electron chi connectivity index (χ4n) is 2.53. The van der Waals surface area contributed by atoms with E-state index < -0.39 is 5.82 Å². The number of rotatable bonds is 8. The molecule has 0 saturated carbocycles. The van der Waals surface area contributed by atoms with Crippen LogP contribution in [0.15, 0.2) is 42.5 Å². The largest absolute Gasteiger partial charge is 0.322 e. The number of hydrogen-bond donors (Lipinski definition) is 1. The van der Waals surface area contributed by atoms with Crippen molar-refractivity contribution in [1.29, 1.82) is 0 Å². The van der Waals surface area contributed by atoms with Gasteiger partial charge in [-0.1, -0.05) is 56.3 Å². The molecule has 128 valence electrons. The molecule has 0 heterocycles. The van der Waals surface area contributed by atoms with Crippen molar-refractivity contribution in [3.05, 3.63) is 64.4 Å². The van der Waals surface area contributed by atoms with Crippen molar-refractivity contribution in [2.75, 3.05) is 5.32 Å². The zero-order chi connectivity index (χ0) is 17.4. The summed E-state index contributed by atoms with van der Waals surface area (Å²) in [6, 6.07) is 11.8. The standard InChI is InChI=1S/C20H23ClFNO/c1-2-3-4-5-6-7-15-8-10-16(11-9-15)20(24)23-17-12-13-19(22)18(21)14-17/h8-14H,2-7H2,1H3,(H,23,24). The van der Waals surface area contributed by atoms with Gasteiger partial charge in [-0.15, -0.1) is 0 Å². The normalized spacial score (nSPS) is 10.6. The van der Waals surface area contributed by atoms with Gasteiger partial charge < -0.3 is 5.32 Å². The number of aryl methyl sites for hydroxylation is 1. The minimum Gasteiger partial charge on any atom is -0.322 e. The Labute approximate surface area is 148 Å². The van der Waals surface area contributed by atoms with Gasteiger partial charge in [-0.3, -0.25) is 4.79 Å². The van der Waals surface area contributed by atoms with Crippen molar-refractivity contribution in [1.82, 2.24) is 0 Å². The van der Waals surface area contributed by atoms with Gasteiger partial charge >= 0.3 is 0 Å². The summed E-state index contributed by atoms with van der Waals surface area (Å²) in [6.45, 7) is 2.21. The minimum absolute atomic E-state index is 0.00813. The quantitative estimate of drug-likeness (QED) is 0.562. The molecule has 0 aliphatic rings. The molecule has 0 spiro atoms. The van der Waals surface area contributed by atoms with E-state index in [1.807, 2.05) is 24.3 Å². The Morgan fingerprint density at radius 3 is 2.42 bits per heavy atom. The van der Waals surface area contributed by atoms with Crippen LogP contribution in [0.2, 0.25) is 5.02 Å². The molecule has 0 aromatic heterocycles. The molecule has 0 aliphatic heterocycles. The minimum atomic E-state index is -0.502. The van der Waals surface area contributed by atoms with E-state index in [0.717, 1.165) is 6.42 Å². The summed E-state index contributed by atoms with van der Waals surface area (Å²) >= 11 is 5.72. The number of amides is 1. The summed E-state index contributed by atoms with van der Waals surface area (Å²) in [7, 11) is 0. The van der Waals surface area contributed by atoms with Crippen LogP contribution >= 0.6 is 11.6 Å². The van der Waals surface area contributed by atoms with Gasteiger partial charge in [-0.05, 0) is 48.7 Å². The maximum atomic E-state index is 13.1. The van der Waals surface area contributed by atoms with E-state index in [4.69, 9.17) is 11.6 Å². The van der Waals surface area contributed by atoms with E-state index in [-0.39, 0.29) is 10.9 Å². The first kappa shape index (κ1) is 18.5. The van der Waals surface area contributed by atoms with Crippen LogP contribution in [0.3, 0.4) is 0 Å². The lowest BCUT2D eigenvalue weighted by atomic mass is 10.0. The van der Waals surface area contributed by atoms with Gasteiger partial charge in [0.2, 0.25) is 0 Å². The summed E-state index contributed by atoms with van der Waals surface area (Å²) in [5.74, 6) is -0.731. The Balaban J connectivity index is 1.87. The number of hydrogen-bond acceptors (Lipinski definition) is 1. The van der Waals surface area contributed by atoms with Gasteiger partial charge in [0.05, 0.1) is 5.02 Å². The molecule has 0 fully saturated rings. The first-order valence-corrected chi connectivity index (χ1v) is 8.83. The fraction of sp³-hybridized carbons (Fsp3) is 0.350. The van der Waals surface area contributed by atoms with E-state index in [2.05, 4.69) is 12.2 Å². The van der Waals surface area contributed by atoms with Crippen molar-refractivity contribution < 1.29 is 9.18 Å². The van der Waals surface area contributed by atoms with E-state index >= 15 is 0 Å². The summed E-state index contributed by atoms with van der Waals surface area (Å²) < 4.78 is 13.1. The van der Waals surface area contributed by atoms with Crippen molar-refractivity contribution in [2.45, 2.75) is 45.4 Å². The highest BCUT2D eigenvalue weighted by atomic mass is 35.5. The molecule has 2 rings (SSSR count). The molecule has 1 amide bonds. The van der Waals surface area contributed by atoms with Crippen LogP contribution < -0.4 is 5.32 Å². The van der Waals surface area contributed by atoms with Gasteiger partial charge in [0, 0.05) is 11.3 Å². The average molecular weight is 348 g/mol. The summed E-state index contributed by atoms with van der Waals surface area (Å²) in [5, 5.41) is 2.71. The monoisotopic (exact) mass is 347 g/mol. The Morgan fingerprint density at radius 1 is 1.04 bits per heavy atom. The number of benzene rings is 2. The highest BCUT2D eigenvalue weighted by Crippen LogP contribution is 2.20. The van der Waals surface area contributed by atoms with Crippen molar-refractivity contribution in [3.63, 3.8) is 0 Å². The lowest BCUT2D eigenvalue weighted by Gasteiger charge is -2.07. The number of unbranched alkanes of at least 4 members (excludes halogenated alkanes) is 4. The Hall–Kier alpha value is -1.87. The number of halogens is 2. The van der Waals surface area contributed by atoms with Gasteiger partial charge in [0.15, 0.2) is 0 Å². The predicted octanol–water partition coefficient (Wildman–Crippen LogP) is 6.24. The molecule has 0 saturated heterocycles. The van der Waals surface area contributed by atoms with Crippen LogP contribution in [0.4, 0.5) is 10.1 Å². The topological polar surface area (TPSA) is 29.1 Å². The van der Waals surface area contributed by atoms with Crippen molar-refractivity contribution in [3.8, 4) is 0 Å². The van der Waals surface area contributed by atoms with Crippen molar-refractivity contribution in [2.24, 2.45) is 0 Å². The second-order valence-corrected chi connectivity index (χ2v) is 6.35. The fourth-order valence-corrected chi connectivity index (χ4v) is 2.71. The third-order valence-electron chi connectivity index (χ3n) is 3.96. The van der Waals surface area contributed by atoms with E-state index in [1.165, 1.54) is 55.9 Å². The molecule has 24 heavy (non-hydrogen) atoms. The number of carbonyl (C=O) groups is 1. The zero-order valence-corrected chi connectivity index (χ0v) is 14.7. The Kier molecular flexibility index (Phi) is 7.26. The summed E-state index contributed by atoms with van der Waals surface area (Å²) in [5.41, 5.74) is 2.30. The molecule has 0 unspecified atom stereocenters. The maximum Gasteiger partial charge on any atom is 0.255 e. The number of carbonyl (C=O) groups excluding carboxylic acids is 1. The van der Waals surface area contributed by atoms with Crippen LogP contribution in [0.5, 0.6) is 0 Å². The average Bonchev–Trinajstić information content (AvgIpc) is 2.58. The highest BCUT2D eigenvalue weighted by molar-refractivity contribution is 6.31. The molecule has 2 aromatic rings. The molecular formula is C20H23ClFNO. The lowest BCUT2D eigenvalue weighted by Crippen LogP contribution is -2.11.